The van der Waals surface area contributed by atoms with Crippen LogP contribution in [0.3, 0.4) is 0 Å². The second kappa shape index (κ2) is 8.86. The van der Waals surface area contributed by atoms with Gasteiger partial charge in [-0.05, 0) is 55.2 Å². The molecule has 4 nitrogen and oxygen atoms in total. The van der Waals surface area contributed by atoms with Crippen LogP contribution >= 0.6 is 11.6 Å². The van der Waals surface area contributed by atoms with Gasteiger partial charge in [-0.25, -0.2) is 0 Å². The molecule has 2 amide bonds. The molecule has 0 heterocycles. The van der Waals surface area contributed by atoms with Crippen molar-refractivity contribution in [3.05, 3.63) is 69.7 Å². The van der Waals surface area contributed by atoms with E-state index in [1.165, 1.54) is 5.56 Å². The van der Waals surface area contributed by atoms with Crippen LogP contribution in [0.5, 0.6) is 0 Å². The van der Waals surface area contributed by atoms with E-state index in [0.29, 0.717) is 11.6 Å². The maximum Gasteiger partial charge on any atom is 0.242 e. The number of nitrogens with zero attached hydrogens (tertiary/aromatic N) is 1. The first-order valence-corrected chi connectivity index (χ1v) is 9.01. The average Bonchev–Trinajstić information content (AvgIpc) is 2.61. The summed E-state index contributed by atoms with van der Waals surface area (Å²) in [5.74, 6) is -0.287. The maximum atomic E-state index is 13.0. The zero-order chi connectivity index (χ0) is 19.3. The highest BCUT2D eigenvalue weighted by Crippen LogP contribution is 2.17. The molecule has 0 fully saturated rings. The number of benzene rings is 2. The first-order chi connectivity index (χ1) is 12.3. The smallest absolute Gasteiger partial charge is 0.242 e. The van der Waals surface area contributed by atoms with Crippen LogP contribution in [0.4, 0.5) is 0 Å². The van der Waals surface area contributed by atoms with Crippen molar-refractivity contribution in [3.63, 3.8) is 0 Å². The van der Waals surface area contributed by atoms with Gasteiger partial charge in [0.15, 0.2) is 0 Å². The molecule has 0 aliphatic carbocycles. The molecule has 26 heavy (non-hydrogen) atoms. The van der Waals surface area contributed by atoms with E-state index < -0.39 is 6.04 Å². The lowest BCUT2D eigenvalue weighted by molar-refractivity contribution is -0.139. The summed E-state index contributed by atoms with van der Waals surface area (Å²) in [4.78, 5) is 26.7. The quantitative estimate of drug-likeness (QED) is 0.841. The number of halogens is 1. The number of rotatable bonds is 6. The molecule has 1 N–H and O–H groups in total. The van der Waals surface area contributed by atoms with Crippen LogP contribution in [0.15, 0.2) is 42.5 Å². The van der Waals surface area contributed by atoms with Gasteiger partial charge in [0.1, 0.15) is 6.04 Å². The zero-order valence-corrected chi connectivity index (χ0v) is 16.4. The molecule has 2 aromatic carbocycles. The molecule has 138 valence electrons. The summed E-state index contributed by atoms with van der Waals surface area (Å²) in [5, 5.41) is 3.23. The SMILES string of the molecule is CNC(=O)[C@@H](C)N(Cc1cccc(Cl)c1)C(=O)Cc1ccc(C)c(C)c1. The lowest BCUT2D eigenvalue weighted by Gasteiger charge is -2.28. The van der Waals surface area contributed by atoms with E-state index in [-0.39, 0.29) is 18.2 Å². The second-order valence-corrected chi connectivity index (χ2v) is 6.97. The van der Waals surface area contributed by atoms with Crippen LogP contribution in [0.25, 0.3) is 0 Å². The fourth-order valence-corrected chi connectivity index (χ4v) is 3.03. The fraction of sp³-hybridized carbons (Fsp3) is 0.333. The van der Waals surface area contributed by atoms with Crippen molar-refractivity contribution in [2.45, 2.75) is 39.8 Å². The van der Waals surface area contributed by atoms with Crippen LogP contribution in [-0.4, -0.2) is 29.8 Å². The van der Waals surface area contributed by atoms with Crippen LogP contribution in [-0.2, 0) is 22.6 Å². The Morgan fingerprint density at radius 2 is 1.81 bits per heavy atom. The van der Waals surface area contributed by atoms with Gasteiger partial charge in [-0.3, -0.25) is 9.59 Å². The number of carbonyl (C=O) groups excluding carboxylic acids is 2. The molecule has 2 rings (SSSR count). The van der Waals surface area contributed by atoms with E-state index >= 15 is 0 Å². The number of carbonyl (C=O) groups is 2. The summed E-state index contributed by atoms with van der Waals surface area (Å²) in [6, 6.07) is 12.8. The highest BCUT2D eigenvalue weighted by atomic mass is 35.5. The van der Waals surface area contributed by atoms with Crippen molar-refractivity contribution in [2.24, 2.45) is 0 Å². The topological polar surface area (TPSA) is 49.4 Å². The molecule has 0 aliphatic heterocycles. The monoisotopic (exact) mass is 372 g/mol. The lowest BCUT2D eigenvalue weighted by atomic mass is 10.0. The minimum absolute atomic E-state index is 0.0932. The molecule has 0 saturated heterocycles. The molecule has 1 atom stereocenters. The van der Waals surface area contributed by atoms with E-state index in [2.05, 4.69) is 5.32 Å². The summed E-state index contributed by atoms with van der Waals surface area (Å²) in [6.07, 6.45) is 0.253. The van der Waals surface area contributed by atoms with Crippen LogP contribution in [0, 0.1) is 13.8 Å². The Morgan fingerprint density at radius 3 is 2.42 bits per heavy atom. The fourth-order valence-electron chi connectivity index (χ4n) is 2.81. The summed E-state index contributed by atoms with van der Waals surface area (Å²) < 4.78 is 0. The third-order valence-corrected chi connectivity index (χ3v) is 4.82. The van der Waals surface area contributed by atoms with E-state index in [1.54, 1.807) is 24.9 Å². The average molecular weight is 373 g/mol. The van der Waals surface area contributed by atoms with E-state index in [1.807, 2.05) is 50.2 Å². The number of hydrogen-bond acceptors (Lipinski definition) is 2. The molecule has 0 bridgehead atoms. The number of amides is 2. The van der Waals surface area contributed by atoms with Gasteiger partial charge in [0, 0.05) is 18.6 Å². The van der Waals surface area contributed by atoms with Crippen molar-refractivity contribution < 1.29 is 9.59 Å². The largest absolute Gasteiger partial charge is 0.357 e. The van der Waals surface area contributed by atoms with Crippen molar-refractivity contribution in [1.82, 2.24) is 10.2 Å². The molecule has 0 aliphatic rings. The Hall–Kier alpha value is -2.33. The first-order valence-electron chi connectivity index (χ1n) is 8.63. The Labute approximate surface area is 160 Å². The molecule has 0 saturated carbocycles. The van der Waals surface area contributed by atoms with Gasteiger partial charge in [-0.2, -0.15) is 0 Å². The van der Waals surface area contributed by atoms with Gasteiger partial charge < -0.3 is 10.2 Å². The molecule has 5 heteroatoms. The highest BCUT2D eigenvalue weighted by Gasteiger charge is 2.25. The van der Waals surface area contributed by atoms with E-state index in [4.69, 9.17) is 11.6 Å². The number of nitrogens with one attached hydrogen (secondary N) is 1. The van der Waals surface area contributed by atoms with Crippen LogP contribution < -0.4 is 5.32 Å². The van der Waals surface area contributed by atoms with Gasteiger partial charge in [0.25, 0.3) is 0 Å². The van der Waals surface area contributed by atoms with Gasteiger partial charge in [0.05, 0.1) is 6.42 Å². The molecule has 0 aromatic heterocycles. The molecular weight excluding hydrogens is 348 g/mol. The molecular formula is C21H25ClN2O2. The summed E-state index contributed by atoms with van der Waals surface area (Å²) in [5.41, 5.74) is 4.17. The van der Waals surface area contributed by atoms with Crippen LogP contribution in [0.1, 0.15) is 29.2 Å². The van der Waals surface area contributed by atoms with E-state index in [0.717, 1.165) is 16.7 Å². The summed E-state index contributed by atoms with van der Waals surface area (Å²) in [7, 11) is 1.57. The molecule has 0 spiro atoms. The highest BCUT2D eigenvalue weighted by molar-refractivity contribution is 6.30. The molecule has 0 radical (unpaired) electrons. The van der Waals surface area contributed by atoms with E-state index in [9.17, 15) is 9.59 Å². The zero-order valence-electron chi connectivity index (χ0n) is 15.7. The number of aryl methyl sites for hydroxylation is 2. The van der Waals surface area contributed by atoms with Crippen molar-refractivity contribution in [1.29, 1.82) is 0 Å². The summed E-state index contributed by atoms with van der Waals surface area (Å²) in [6.45, 7) is 6.14. The summed E-state index contributed by atoms with van der Waals surface area (Å²) >= 11 is 6.06. The first kappa shape index (κ1) is 20.0. The number of hydrogen-bond donors (Lipinski definition) is 1. The van der Waals surface area contributed by atoms with Crippen LogP contribution in [0.2, 0.25) is 5.02 Å². The van der Waals surface area contributed by atoms with Gasteiger partial charge >= 0.3 is 0 Å². The molecule has 0 unspecified atom stereocenters. The Balaban J connectivity index is 2.25. The van der Waals surface area contributed by atoms with Crippen molar-refractivity contribution in [3.8, 4) is 0 Å². The standard InChI is InChI=1S/C21H25ClN2O2/c1-14-8-9-17(10-15(14)2)12-20(25)24(16(3)21(26)23-4)13-18-6-5-7-19(22)11-18/h5-11,16H,12-13H2,1-4H3,(H,23,26)/t16-/m1/s1. The minimum atomic E-state index is -0.571. The Morgan fingerprint density at radius 1 is 1.08 bits per heavy atom. The predicted octanol–water partition coefficient (Wildman–Crippen LogP) is 3.66. The minimum Gasteiger partial charge on any atom is -0.357 e. The van der Waals surface area contributed by atoms with Gasteiger partial charge in [-0.15, -0.1) is 0 Å². The van der Waals surface area contributed by atoms with Crippen molar-refractivity contribution in [2.75, 3.05) is 7.05 Å². The lowest BCUT2D eigenvalue weighted by Crippen LogP contribution is -2.47. The Kier molecular flexibility index (Phi) is 6.81. The second-order valence-electron chi connectivity index (χ2n) is 6.54. The predicted molar refractivity (Wildman–Crippen MR) is 105 cm³/mol. The third kappa shape index (κ3) is 5.09. The third-order valence-electron chi connectivity index (χ3n) is 4.58. The van der Waals surface area contributed by atoms with Gasteiger partial charge in [-0.1, -0.05) is 41.9 Å². The maximum absolute atomic E-state index is 13.0. The van der Waals surface area contributed by atoms with Gasteiger partial charge in [0.2, 0.25) is 11.8 Å². The Bertz CT molecular complexity index is 804. The molecule has 2 aromatic rings. The normalized spacial score (nSPS) is 11.7. The van der Waals surface area contributed by atoms with Crippen molar-refractivity contribution >= 4 is 23.4 Å². The number of likely N-dealkylation sites (N-methyl/N-ethyl adjacent to an activating group) is 1.